The number of aryl methyl sites for hydroxylation is 2. The summed E-state index contributed by atoms with van der Waals surface area (Å²) in [4.78, 5) is 14.7. The maximum atomic E-state index is 13.5. The third-order valence-electron chi connectivity index (χ3n) is 3.52. The minimum absolute atomic E-state index is 0.0387. The Hall–Kier alpha value is -1.68. The van der Waals surface area contributed by atoms with Gasteiger partial charge in [-0.25, -0.2) is 4.39 Å². The van der Waals surface area contributed by atoms with Crippen LogP contribution in [0.1, 0.15) is 35.3 Å². The van der Waals surface area contributed by atoms with Gasteiger partial charge in [0.1, 0.15) is 5.82 Å². The summed E-state index contributed by atoms with van der Waals surface area (Å²) < 4.78 is 14.1. The first-order chi connectivity index (χ1) is 10.3. The van der Waals surface area contributed by atoms with Crippen LogP contribution in [0.2, 0.25) is 0 Å². The van der Waals surface area contributed by atoms with Gasteiger partial charge < -0.3 is 4.90 Å². The van der Waals surface area contributed by atoms with Gasteiger partial charge in [0.05, 0.1) is 5.56 Å². The second-order valence-corrected chi connectivity index (χ2v) is 6.54. The second-order valence-electron chi connectivity index (χ2n) is 5.68. The molecule has 0 saturated heterocycles. The van der Waals surface area contributed by atoms with E-state index >= 15 is 0 Å². The SMILES string of the molecule is Cc1ccc(C)c(N(C(=O)c2cc(F)ccc2Br)C(C)C)c1. The Morgan fingerprint density at radius 1 is 1.14 bits per heavy atom. The Kier molecular flexibility index (Phi) is 5.01. The number of benzene rings is 2. The summed E-state index contributed by atoms with van der Waals surface area (Å²) in [6.07, 6.45) is 0. The van der Waals surface area contributed by atoms with E-state index in [1.165, 1.54) is 12.1 Å². The molecule has 0 radical (unpaired) electrons. The average Bonchev–Trinajstić information content (AvgIpc) is 2.45. The monoisotopic (exact) mass is 363 g/mol. The van der Waals surface area contributed by atoms with Crippen molar-refractivity contribution in [2.24, 2.45) is 0 Å². The standard InChI is InChI=1S/C18H19BrFNO/c1-11(2)21(17-9-12(3)5-6-13(17)4)18(22)15-10-14(20)7-8-16(15)19/h5-11H,1-4H3. The summed E-state index contributed by atoms with van der Waals surface area (Å²) in [5.74, 6) is -0.633. The van der Waals surface area contributed by atoms with Gasteiger partial charge in [0, 0.05) is 16.2 Å². The predicted octanol–water partition coefficient (Wildman–Crippen LogP) is 5.26. The molecule has 2 rings (SSSR count). The normalized spacial score (nSPS) is 10.9. The van der Waals surface area contributed by atoms with Gasteiger partial charge in [-0.2, -0.15) is 0 Å². The van der Waals surface area contributed by atoms with Gasteiger partial charge in [-0.05, 0) is 79.0 Å². The Morgan fingerprint density at radius 2 is 1.82 bits per heavy atom. The molecule has 22 heavy (non-hydrogen) atoms. The van der Waals surface area contributed by atoms with E-state index in [1.807, 2.05) is 45.9 Å². The molecule has 2 aromatic rings. The average molecular weight is 364 g/mol. The van der Waals surface area contributed by atoms with Crippen molar-refractivity contribution in [1.82, 2.24) is 0 Å². The zero-order valence-electron chi connectivity index (χ0n) is 13.2. The number of anilines is 1. The fraction of sp³-hybridized carbons (Fsp3) is 0.278. The number of rotatable bonds is 3. The fourth-order valence-corrected chi connectivity index (χ4v) is 2.81. The van der Waals surface area contributed by atoms with Crippen LogP contribution in [-0.2, 0) is 0 Å². The van der Waals surface area contributed by atoms with E-state index in [-0.39, 0.29) is 11.9 Å². The van der Waals surface area contributed by atoms with Gasteiger partial charge in [-0.15, -0.1) is 0 Å². The number of carbonyl (C=O) groups excluding carboxylic acids is 1. The fourth-order valence-electron chi connectivity index (χ4n) is 2.39. The van der Waals surface area contributed by atoms with E-state index < -0.39 is 5.82 Å². The Balaban J connectivity index is 2.55. The Morgan fingerprint density at radius 3 is 2.45 bits per heavy atom. The molecule has 0 aliphatic carbocycles. The van der Waals surface area contributed by atoms with Crippen molar-refractivity contribution in [3.05, 3.63) is 63.4 Å². The molecule has 4 heteroatoms. The van der Waals surface area contributed by atoms with Crippen molar-refractivity contribution in [2.75, 3.05) is 4.90 Å². The topological polar surface area (TPSA) is 20.3 Å². The van der Waals surface area contributed by atoms with E-state index in [2.05, 4.69) is 15.9 Å². The van der Waals surface area contributed by atoms with Crippen LogP contribution in [0.25, 0.3) is 0 Å². The second kappa shape index (κ2) is 6.61. The maximum absolute atomic E-state index is 13.5. The van der Waals surface area contributed by atoms with Crippen molar-refractivity contribution < 1.29 is 9.18 Å². The first-order valence-corrected chi connectivity index (χ1v) is 7.96. The number of amides is 1. The lowest BCUT2D eigenvalue weighted by Gasteiger charge is -2.29. The van der Waals surface area contributed by atoms with Crippen LogP contribution in [0.15, 0.2) is 40.9 Å². The molecule has 0 unspecified atom stereocenters. The van der Waals surface area contributed by atoms with Gasteiger partial charge in [0.15, 0.2) is 0 Å². The summed E-state index contributed by atoms with van der Waals surface area (Å²) in [6.45, 7) is 7.86. The molecule has 116 valence electrons. The Bertz CT molecular complexity index is 712. The van der Waals surface area contributed by atoms with Crippen molar-refractivity contribution in [3.63, 3.8) is 0 Å². The van der Waals surface area contributed by atoms with Crippen molar-refractivity contribution >= 4 is 27.5 Å². The van der Waals surface area contributed by atoms with Crippen molar-refractivity contribution in [2.45, 2.75) is 33.7 Å². The van der Waals surface area contributed by atoms with Gasteiger partial charge in [-0.3, -0.25) is 4.79 Å². The van der Waals surface area contributed by atoms with E-state index in [0.29, 0.717) is 10.0 Å². The molecule has 0 saturated carbocycles. The third kappa shape index (κ3) is 3.38. The van der Waals surface area contributed by atoms with Gasteiger partial charge >= 0.3 is 0 Å². The largest absolute Gasteiger partial charge is 0.306 e. The highest BCUT2D eigenvalue weighted by molar-refractivity contribution is 9.10. The summed E-state index contributed by atoms with van der Waals surface area (Å²) in [5.41, 5.74) is 3.28. The summed E-state index contributed by atoms with van der Waals surface area (Å²) in [6, 6.07) is 10.1. The van der Waals surface area contributed by atoms with Crippen LogP contribution in [0, 0.1) is 19.7 Å². The molecular weight excluding hydrogens is 345 g/mol. The van der Waals surface area contributed by atoms with Crippen LogP contribution in [0.5, 0.6) is 0 Å². The molecule has 0 atom stereocenters. The highest BCUT2D eigenvalue weighted by atomic mass is 79.9. The quantitative estimate of drug-likeness (QED) is 0.728. The van der Waals surface area contributed by atoms with E-state index in [1.54, 1.807) is 11.0 Å². The smallest absolute Gasteiger partial charge is 0.259 e. The van der Waals surface area contributed by atoms with Crippen LogP contribution in [-0.4, -0.2) is 11.9 Å². The zero-order chi connectivity index (χ0) is 16.4. The van der Waals surface area contributed by atoms with E-state index in [4.69, 9.17) is 0 Å². The molecule has 0 N–H and O–H groups in total. The number of hydrogen-bond acceptors (Lipinski definition) is 1. The molecule has 0 fully saturated rings. The van der Waals surface area contributed by atoms with Crippen LogP contribution in [0.4, 0.5) is 10.1 Å². The molecule has 0 aromatic heterocycles. The molecule has 0 heterocycles. The zero-order valence-corrected chi connectivity index (χ0v) is 14.7. The first-order valence-electron chi connectivity index (χ1n) is 7.17. The summed E-state index contributed by atoms with van der Waals surface area (Å²) in [5, 5.41) is 0. The number of carbonyl (C=O) groups is 1. The maximum Gasteiger partial charge on any atom is 0.259 e. The molecule has 2 aromatic carbocycles. The molecule has 1 amide bonds. The Labute approximate surface area is 139 Å². The van der Waals surface area contributed by atoms with Gasteiger partial charge in [-0.1, -0.05) is 12.1 Å². The van der Waals surface area contributed by atoms with Crippen LogP contribution < -0.4 is 4.90 Å². The van der Waals surface area contributed by atoms with Crippen LogP contribution >= 0.6 is 15.9 Å². The van der Waals surface area contributed by atoms with E-state index in [9.17, 15) is 9.18 Å². The van der Waals surface area contributed by atoms with Crippen molar-refractivity contribution in [1.29, 1.82) is 0 Å². The van der Waals surface area contributed by atoms with Gasteiger partial charge in [0.2, 0.25) is 0 Å². The summed E-state index contributed by atoms with van der Waals surface area (Å²) >= 11 is 3.34. The minimum atomic E-state index is -0.420. The lowest BCUT2D eigenvalue weighted by molar-refractivity contribution is 0.0979. The number of hydrogen-bond donors (Lipinski definition) is 0. The third-order valence-corrected chi connectivity index (χ3v) is 4.21. The first kappa shape index (κ1) is 16.7. The molecule has 0 aliphatic heterocycles. The number of nitrogens with zero attached hydrogens (tertiary/aromatic N) is 1. The minimum Gasteiger partial charge on any atom is -0.306 e. The van der Waals surface area contributed by atoms with Crippen molar-refractivity contribution in [3.8, 4) is 0 Å². The predicted molar refractivity (Wildman–Crippen MR) is 92.0 cm³/mol. The lowest BCUT2D eigenvalue weighted by atomic mass is 10.1. The molecular formula is C18H19BrFNO. The van der Waals surface area contributed by atoms with Crippen LogP contribution in [0.3, 0.4) is 0 Å². The molecule has 0 aliphatic rings. The molecule has 0 spiro atoms. The highest BCUT2D eigenvalue weighted by Gasteiger charge is 2.24. The summed E-state index contributed by atoms with van der Waals surface area (Å²) in [7, 11) is 0. The molecule has 0 bridgehead atoms. The van der Waals surface area contributed by atoms with Gasteiger partial charge in [0.25, 0.3) is 5.91 Å². The van der Waals surface area contributed by atoms with E-state index in [0.717, 1.165) is 16.8 Å². The lowest BCUT2D eigenvalue weighted by Crippen LogP contribution is -2.37. The number of halogens is 2. The molecule has 2 nitrogen and oxygen atoms in total. The highest BCUT2D eigenvalue weighted by Crippen LogP contribution is 2.28.